The van der Waals surface area contributed by atoms with Crippen molar-refractivity contribution in [2.45, 2.75) is 0 Å². The van der Waals surface area contributed by atoms with Crippen molar-refractivity contribution in [2.24, 2.45) is 0 Å². The third-order valence-electron chi connectivity index (χ3n) is 11.7. The van der Waals surface area contributed by atoms with Crippen LogP contribution < -0.4 is 0 Å². The zero-order valence-electron chi connectivity index (χ0n) is 33.4. The minimum atomic E-state index is 0.590. The Kier molecular flexibility index (Phi) is 8.38. The van der Waals surface area contributed by atoms with Crippen LogP contribution in [0.5, 0.6) is 0 Å². The molecule has 0 aliphatic carbocycles. The van der Waals surface area contributed by atoms with Gasteiger partial charge in [-0.1, -0.05) is 188 Å². The maximum Gasteiger partial charge on any atom is 0.164 e. The predicted molar refractivity (Wildman–Crippen MR) is 252 cm³/mol. The first-order chi connectivity index (χ1) is 30.7. The number of rotatable bonds is 7. The maximum atomic E-state index is 6.37. The van der Waals surface area contributed by atoms with Crippen LogP contribution in [0.1, 0.15) is 0 Å². The smallest absolute Gasteiger partial charge is 0.164 e. The van der Waals surface area contributed by atoms with Gasteiger partial charge in [-0.2, -0.15) is 5.10 Å². The van der Waals surface area contributed by atoms with E-state index in [-0.39, 0.29) is 0 Å². The molecule has 0 unspecified atom stereocenters. The molecular weight excluding hydrogens is 759 g/mol. The number of aromatic nitrogens is 5. The number of hydrogen-bond acceptors (Lipinski definition) is 5. The van der Waals surface area contributed by atoms with Crippen LogP contribution in [0.15, 0.2) is 217 Å². The fourth-order valence-corrected chi connectivity index (χ4v) is 8.69. The highest BCUT2D eigenvalue weighted by molar-refractivity contribution is 6.17. The van der Waals surface area contributed by atoms with E-state index in [0.717, 1.165) is 99.5 Å². The van der Waals surface area contributed by atoms with Crippen LogP contribution in [0.4, 0.5) is 0 Å². The number of furan rings is 1. The van der Waals surface area contributed by atoms with Crippen LogP contribution in [-0.2, 0) is 0 Å². The lowest BCUT2D eigenvalue weighted by atomic mass is 9.93. The summed E-state index contributed by atoms with van der Waals surface area (Å²) in [6.07, 6.45) is 0. The average molecular weight is 794 g/mol. The van der Waals surface area contributed by atoms with Gasteiger partial charge in [-0.25, -0.2) is 19.6 Å². The minimum absolute atomic E-state index is 0.590. The third kappa shape index (κ3) is 6.04. The second-order valence-corrected chi connectivity index (χ2v) is 15.4. The fraction of sp³-hybridized carbons (Fsp3) is 0. The topological polar surface area (TPSA) is 69.6 Å². The lowest BCUT2D eigenvalue weighted by molar-refractivity contribution is 0.670. The van der Waals surface area contributed by atoms with Gasteiger partial charge in [0, 0.05) is 49.4 Å². The van der Waals surface area contributed by atoms with Crippen molar-refractivity contribution in [2.75, 3.05) is 0 Å². The molecule has 0 saturated heterocycles. The van der Waals surface area contributed by atoms with E-state index in [0.29, 0.717) is 17.5 Å². The Labute approximate surface area is 357 Å². The van der Waals surface area contributed by atoms with E-state index < -0.39 is 0 Å². The van der Waals surface area contributed by atoms with Crippen molar-refractivity contribution in [1.29, 1.82) is 0 Å². The Hall–Kier alpha value is -8.48. The van der Waals surface area contributed by atoms with Gasteiger partial charge in [-0.3, -0.25) is 0 Å². The van der Waals surface area contributed by atoms with Gasteiger partial charge in [-0.05, 0) is 46.3 Å². The molecule has 6 heteroatoms. The molecule has 12 rings (SSSR count). The van der Waals surface area contributed by atoms with Crippen LogP contribution in [0.3, 0.4) is 0 Å². The van der Waals surface area contributed by atoms with Gasteiger partial charge >= 0.3 is 0 Å². The Balaban J connectivity index is 0.977. The molecule has 290 valence electrons. The molecule has 0 fully saturated rings. The molecule has 62 heavy (non-hydrogen) atoms. The second-order valence-electron chi connectivity index (χ2n) is 15.4. The van der Waals surface area contributed by atoms with Crippen molar-refractivity contribution < 1.29 is 4.42 Å². The molecule has 3 heterocycles. The largest absolute Gasteiger partial charge is 0.455 e. The van der Waals surface area contributed by atoms with Gasteiger partial charge in [0.25, 0.3) is 0 Å². The Morgan fingerprint density at radius 3 is 1.55 bits per heavy atom. The molecule has 0 amide bonds. The van der Waals surface area contributed by atoms with E-state index in [9.17, 15) is 0 Å². The molecule has 6 nitrogen and oxygen atoms in total. The van der Waals surface area contributed by atoms with Crippen molar-refractivity contribution in [3.8, 4) is 73.4 Å². The standard InChI is InChI=1S/C56H35N5O/c1-4-15-36(16-5-1)48-35-42-19-10-11-22-44(42)52-50(48)51(60-61(52)43-20-8-3-9-21-43)38-29-33-41(34-30-38)56-58-54(39-17-6-2-7-18-39)57-55(59-56)40-31-27-37(28-32-40)45-24-14-25-47-46-23-12-13-26-49(46)62-53(45)47/h1-35H. The maximum absolute atomic E-state index is 6.37. The molecule has 0 bridgehead atoms. The van der Waals surface area contributed by atoms with E-state index in [2.05, 4.69) is 162 Å². The van der Waals surface area contributed by atoms with E-state index in [1.54, 1.807) is 0 Å². The van der Waals surface area contributed by atoms with Crippen molar-refractivity contribution in [3.05, 3.63) is 212 Å². The normalized spacial score (nSPS) is 11.5. The van der Waals surface area contributed by atoms with Gasteiger partial charge in [0.05, 0.1) is 11.2 Å². The lowest BCUT2D eigenvalue weighted by Gasteiger charge is -2.11. The first kappa shape index (κ1) is 35.5. The van der Waals surface area contributed by atoms with E-state index >= 15 is 0 Å². The molecule has 0 radical (unpaired) electrons. The first-order valence-corrected chi connectivity index (χ1v) is 20.7. The van der Waals surface area contributed by atoms with Gasteiger partial charge in [0.15, 0.2) is 17.5 Å². The summed E-state index contributed by atoms with van der Waals surface area (Å²) in [5, 5.41) is 11.0. The highest BCUT2D eigenvalue weighted by Crippen LogP contribution is 2.42. The van der Waals surface area contributed by atoms with Crippen molar-refractivity contribution in [1.82, 2.24) is 24.7 Å². The quantitative estimate of drug-likeness (QED) is 0.161. The van der Waals surface area contributed by atoms with E-state index in [1.807, 2.05) is 54.6 Å². The predicted octanol–water partition coefficient (Wildman–Crippen LogP) is 14.3. The number of nitrogens with zero attached hydrogens (tertiary/aromatic N) is 5. The molecule has 0 N–H and O–H groups in total. The molecule has 0 saturated carbocycles. The summed E-state index contributed by atoms with van der Waals surface area (Å²) in [6, 6.07) is 73.3. The third-order valence-corrected chi connectivity index (χ3v) is 11.7. The van der Waals surface area contributed by atoms with Crippen LogP contribution in [-0.4, -0.2) is 24.7 Å². The molecule has 0 aliphatic heterocycles. The van der Waals surface area contributed by atoms with Gasteiger partial charge in [-0.15, -0.1) is 0 Å². The van der Waals surface area contributed by atoms with E-state index in [1.165, 1.54) is 0 Å². The first-order valence-electron chi connectivity index (χ1n) is 20.7. The summed E-state index contributed by atoms with van der Waals surface area (Å²) >= 11 is 0. The summed E-state index contributed by atoms with van der Waals surface area (Å²) in [5.41, 5.74) is 12.8. The average Bonchev–Trinajstić information content (AvgIpc) is 3.95. The Bertz CT molecular complexity index is 3600. The summed E-state index contributed by atoms with van der Waals surface area (Å²) in [5.74, 6) is 1.79. The monoisotopic (exact) mass is 793 g/mol. The van der Waals surface area contributed by atoms with Crippen molar-refractivity contribution >= 4 is 43.6 Å². The molecule has 9 aromatic carbocycles. The Morgan fingerprint density at radius 2 is 0.871 bits per heavy atom. The lowest BCUT2D eigenvalue weighted by Crippen LogP contribution is -2.00. The van der Waals surface area contributed by atoms with Crippen LogP contribution in [0, 0.1) is 0 Å². The summed E-state index contributed by atoms with van der Waals surface area (Å²) in [4.78, 5) is 15.2. The number of fused-ring (bicyclic) bond motifs is 6. The van der Waals surface area contributed by atoms with Gasteiger partial charge in [0.2, 0.25) is 0 Å². The van der Waals surface area contributed by atoms with E-state index in [4.69, 9.17) is 24.5 Å². The highest BCUT2D eigenvalue weighted by atomic mass is 16.3. The SMILES string of the molecule is c1ccc(-c2nc(-c3ccc(-c4cccc5c4oc4ccccc45)cc3)nc(-c3ccc(-c4nn(-c5ccccc5)c5c4c(-c4ccccc4)cc4ccccc45)cc3)n2)cc1. The molecule has 3 aromatic heterocycles. The summed E-state index contributed by atoms with van der Waals surface area (Å²) in [7, 11) is 0. The minimum Gasteiger partial charge on any atom is -0.455 e. The molecule has 0 aliphatic rings. The fourth-order valence-electron chi connectivity index (χ4n) is 8.69. The molecule has 0 spiro atoms. The van der Waals surface area contributed by atoms with Crippen LogP contribution in [0.25, 0.3) is 117 Å². The number of benzene rings is 9. The highest BCUT2D eigenvalue weighted by Gasteiger charge is 2.22. The molecular formula is C56H35N5O. The molecule has 12 aromatic rings. The van der Waals surface area contributed by atoms with Gasteiger partial charge < -0.3 is 4.42 Å². The van der Waals surface area contributed by atoms with Gasteiger partial charge in [0.1, 0.15) is 16.9 Å². The Morgan fingerprint density at radius 1 is 0.371 bits per heavy atom. The molecule has 0 atom stereocenters. The second kappa shape index (κ2) is 14.7. The summed E-state index contributed by atoms with van der Waals surface area (Å²) in [6.45, 7) is 0. The zero-order chi connectivity index (χ0) is 41.0. The van der Waals surface area contributed by atoms with Crippen molar-refractivity contribution in [3.63, 3.8) is 0 Å². The zero-order valence-corrected chi connectivity index (χ0v) is 33.4. The van der Waals surface area contributed by atoms with Crippen LogP contribution >= 0.6 is 0 Å². The van der Waals surface area contributed by atoms with Crippen LogP contribution in [0.2, 0.25) is 0 Å². The number of hydrogen-bond donors (Lipinski definition) is 0. The summed E-state index contributed by atoms with van der Waals surface area (Å²) < 4.78 is 8.46. The number of para-hydroxylation sites is 3.